The predicted octanol–water partition coefficient (Wildman–Crippen LogP) is 1.89. The molecule has 3 heteroatoms. The van der Waals surface area contributed by atoms with Crippen LogP contribution in [0.2, 0.25) is 0 Å². The minimum atomic E-state index is 1.24. The first-order chi connectivity index (χ1) is 6.88. The second kappa shape index (κ2) is 2.98. The number of rotatable bonds is 0. The third-order valence-corrected chi connectivity index (χ3v) is 3.52. The summed E-state index contributed by atoms with van der Waals surface area (Å²) < 4.78 is 5.66. The van der Waals surface area contributed by atoms with Crippen LogP contribution in [-0.4, -0.2) is 30.6 Å². The number of nitrogens with zero attached hydrogens (tertiary/aromatic N) is 2. The van der Waals surface area contributed by atoms with Crippen molar-refractivity contribution in [2.75, 3.05) is 0 Å². The Hall–Kier alpha value is -1.04. The Morgan fingerprint density at radius 3 is 1.79 bits per heavy atom. The van der Waals surface area contributed by atoms with Gasteiger partial charge >= 0.3 is 93.9 Å². The average Bonchev–Trinajstić information content (AvgIpc) is 2.55. The molecule has 3 aromatic heterocycles. The molecule has 0 unspecified atom stereocenters. The molecule has 0 aliphatic rings. The van der Waals surface area contributed by atoms with E-state index >= 15 is 0 Å². The normalized spacial score (nSPS) is 11.1. The number of aromatic nitrogens is 2. The van der Waals surface area contributed by atoms with E-state index in [4.69, 9.17) is 0 Å². The fourth-order valence-electron chi connectivity index (χ4n) is 1.75. The van der Waals surface area contributed by atoms with Crippen molar-refractivity contribution in [2.45, 2.75) is 0 Å². The van der Waals surface area contributed by atoms with Crippen molar-refractivity contribution in [1.29, 1.82) is 0 Å². The summed E-state index contributed by atoms with van der Waals surface area (Å²) in [5, 5.41) is 0. The van der Waals surface area contributed by atoms with Crippen LogP contribution in [0.5, 0.6) is 0 Å². The first-order valence-electron chi connectivity index (χ1n) is 4.44. The SMILES string of the molecule is [Te]=c1n2ccccc2c2ccccn12. The average molecular weight is 296 g/mol. The van der Waals surface area contributed by atoms with Crippen LogP contribution in [-0.2, 0) is 0 Å². The maximum absolute atomic E-state index is 2.21. The molecule has 14 heavy (non-hydrogen) atoms. The van der Waals surface area contributed by atoms with Gasteiger partial charge in [0.1, 0.15) is 0 Å². The Balaban J connectivity index is 2.76. The molecule has 0 bridgehead atoms. The van der Waals surface area contributed by atoms with Crippen LogP contribution in [0.3, 0.4) is 0 Å². The summed E-state index contributed by atoms with van der Waals surface area (Å²) in [6.45, 7) is 0. The van der Waals surface area contributed by atoms with Gasteiger partial charge in [-0.15, -0.1) is 0 Å². The summed E-state index contributed by atoms with van der Waals surface area (Å²) in [5.74, 6) is 0. The molecule has 68 valence electrons. The Labute approximate surface area is 93.8 Å². The predicted molar refractivity (Wildman–Crippen MR) is 57.3 cm³/mol. The van der Waals surface area contributed by atoms with Crippen molar-refractivity contribution in [3.8, 4) is 0 Å². The molecule has 0 fully saturated rings. The van der Waals surface area contributed by atoms with Crippen LogP contribution >= 0.6 is 0 Å². The van der Waals surface area contributed by atoms with E-state index in [1.165, 1.54) is 14.5 Å². The van der Waals surface area contributed by atoms with Gasteiger partial charge in [0.05, 0.1) is 0 Å². The summed E-state index contributed by atoms with van der Waals surface area (Å²) in [7, 11) is 0. The second-order valence-electron chi connectivity index (χ2n) is 3.19. The molecule has 3 rings (SSSR count). The third-order valence-electron chi connectivity index (χ3n) is 2.39. The second-order valence-corrected chi connectivity index (χ2v) is 4.24. The molecule has 0 saturated heterocycles. The molecule has 2 nitrogen and oxygen atoms in total. The van der Waals surface area contributed by atoms with Gasteiger partial charge in [-0.05, 0) is 0 Å². The van der Waals surface area contributed by atoms with Gasteiger partial charge in [-0.3, -0.25) is 0 Å². The monoisotopic (exact) mass is 298 g/mol. The van der Waals surface area contributed by atoms with Gasteiger partial charge in [-0.25, -0.2) is 0 Å². The molecule has 0 aliphatic heterocycles. The van der Waals surface area contributed by atoms with Crippen molar-refractivity contribution < 1.29 is 0 Å². The Kier molecular flexibility index (Phi) is 1.76. The van der Waals surface area contributed by atoms with E-state index in [0.29, 0.717) is 0 Å². The molecule has 0 radical (unpaired) electrons. The van der Waals surface area contributed by atoms with Crippen molar-refractivity contribution in [3.05, 3.63) is 52.2 Å². The summed E-state index contributed by atoms with van der Waals surface area (Å²) in [6, 6.07) is 12.5. The number of imidazole rings is 1. The summed E-state index contributed by atoms with van der Waals surface area (Å²) >= 11 is 2.05. The van der Waals surface area contributed by atoms with E-state index in [0.717, 1.165) is 0 Å². The molecule has 0 spiro atoms. The van der Waals surface area contributed by atoms with Crippen molar-refractivity contribution >= 4 is 32.9 Å². The Morgan fingerprint density at radius 1 is 0.786 bits per heavy atom. The summed E-state index contributed by atoms with van der Waals surface area (Å²) in [5.41, 5.74) is 2.52. The molecule has 3 heterocycles. The number of hydrogen-bond acceptors (Lipinski definition) is 0. The Bertz CT molecular complexity index is 607. The molecule has 0 aliphatic carbocycles. The molecular formula is C11H8N2Te. The molecule has 0 atom stereocenters. The molecule has 0 amide bonds. The molecule has 0 saturated carbocycles. The summed E-state index contributed by atoms with van der Waals surface area (Å²) in [4.78, 5) is 0. The van der Waals surface area contributed by atoms with Crippen LogP contribution in [0.25, 0.3) is 11.0 Å². The van der Waals surface area contributed by atoms with E-state index in [9.17, 15) is 0 Å². The third kappa shape index (κ3) is 1.00. The standard InChI is InChI=1S/C11H8N2Te/c14-11-12-7-3-1-5-9(12)10-6-2-4-8-13(10)11/h1-8H. The van der Waals surface area contributed by atoms with E-state index < -0.39 is 0 Å². The fraction of sp³-hybridized carbons (Fsp3) is 0. The number of hydrogen-bond donors (Lipinski definition) is 0. The van der Waals surface area contributed by atoms with Crippen LogP contribution in [0.4, 0.5) is 0 Å². The Morgan fingerprint density at radius 2 is 1.29 bits per heavy atom. The van der Waals surface area contributed by atoms with Crippen LogP contribution in [0.1, 0.15) is 0 Å². The number of fused-ring (bicyclic) bond motifs is 3. The fourth-order valence-corrected chi connectivity index (χ4v) is 2.66. The first-order valence-corrected chi connectivity index (χ1v) is 5.61. The zero-order chi connectivity index (χ0) is 9.54. The topological polar surface area (TPSA) is 8.82 Å². The van der Waals surface area contributed by atoms with Gasteiger partial charge in [0, 0.05) is 0 Å². The van der Waals surface area contributed by atoms with Gasteiger partial charge in [0.25, 0.3) is 0 Å². The zero-order valence-corrected chi connectivity index (χ0v) is 9.75. The molecule has 0 N–H and O–H groups in total. The van der Waals surface area contributed by atoms with Gasteiger partial charge < -0.3 is 0 Å². The van der Waals surface area contributed by atoms with E-state index in [2.05, 4.69) is 57.6 Å². The van der Waals surface area contributed by atoms with Gasteiger partial charge in [0.15, 0.2) is 0 Å². The van der Waals surface area contributed by atoms with Crippen molar-refractivity contribution in [2.24, 2.45) is 0 Å². The molecule has 0 aromatic carbocycles. The van der Waals surface area contributed by atoms with Crippen LogP contribution in [0, 0.1) is 3.46 Å². The van der Waals surface area contributed by atoms with E-state index in [-0.39, 0.29) is 0 Å². The maximum atomic E-state index is 2.21. The minimum absolute atomic E-state index is 1.24. The quantitative estimate of drug-likeness (QED) is 0.560. The summed E-state index contributed by atoms with van der Waals surface area (Å²) in [6.07, 6.45) is 4.19. The van der Waals surface area contributed by atoms with Crippen molar-refractivity contribution in [3.63, 3.8) is 0 Å². The van der Waals surface area contributed by atoms with Crippen LogP contribution < -0.4 is 0 Å². The van der Waals surface area contributed by atoms with Gasteiger partial charge in [0.2, 0.25) is 0 Å². The first kappa shape index (κ1) is 8.28. The van der Waals surface area contributed by atoms with Gasteiger partial charge in [-0.2, -0.15) is 0 Å². The molecule has 3 aromatic rings. The van der Waals surface area contributed by atoms with E-state index in [1.54, 1.807) is 0 Å². The zero-order valence-electron chi connectivity index (χ0n) is 7.42. The van der Waals surface area contributed by atoms with Gasteiger partial charge in [-0.1, -0.05) is 0 Å². The van der Waals surface area contributed by atoms with E-state index in [1.807, 2.05) is 21.8 Å². The number of pyridine rings is 2. The molecular weight excluding hydrogens is 288 g/mol. The van der Waals surface area contributed by atoms with Crippen LogP contribution in [0.15, 0.2) is 48.8 Å². The van der Waals surface area contributed by atoms with Crippen molar-refractivity contribution in [1.82, 2.24) is 8.80 Å².